The molecule has 1 aromatic carbocycles. The number of benzene rings is 1. The van der Waals surface area contributed by atoms with Crippen LogP contribution in [-0.2, 0) is 0 Å². The van der Waals surface area contributed by atoms with Crippen molar-refractivity contribution in [3.63, 3.8) is 0 Å². The summed E-state index contributed by atoms with van der Waals surface area (Å²) in [4.78, 5) is 11.0. The standard InChI is InChI=1S/C12H14F4N2O2/c13-7-3-4-8(9(10(7)17)11(19)20)18-6-2-1-5-12(14,15)16/h3-4,18H,1-2,5-6,17H2,(H,19,20). The van der Waals surface area contributed by atoms with Crippen LogP contribution in [0.2, 0.25) is 0 Å². The zero-order valence-corrected chi connectivity index (χ0v) is 10.4. The van der Waals surface area contributed by atoms with Gasteiger partial charge in [0.2, 0.25) is 0 Å². The normalized spacial score (nSPS) is 11.4. The van der Waals surface area contributed by atoms with Crippen LogP contribution < -0.4 is 11.1 Å². The van der Waals surface area contributed by atoms with E-state index in [4.69, 9.17) is 10.8 Å². The second-order valence-electron chi connectivity index (χ2n) is 4.19. The van der Waals surface area contributed by atoms with E-state index in [0.717, 1.165) is 6.07 Å². The van der Waals surface area contributed by atoms with Crippen LogP contribution in [0, 0.1) is 5.82 Å². The van der Waals surface area contributed by atoms with Crippen LogP contribution in [0.4, 0.5) is 28.9 Å². The molecule has 20 heavy (non-hydrogen) atoms. The molecule has 8 heteroatoms. The van der Waals surface area contributed by atoms with Gasteiger partial charge in [-0.2, -0.15) is 13.2 Å². The van der Waals surface area contributed by atoms with E-state index < -0.39 is 35.6 Å². The van der Waals surface area contributed by atoms with Gasteiger partial charge in [-0.25, -0.2) is 9.18 Å². The van der Waals surface area contributed by atoms with E-state index in [2.05, 4.69) is 5.32 Å². The van der Waals surface area contributed by atoms with Gasteiger partial charge in [0, 0.05) is 13.0 Å². The van der Waals surface area contributed by atoms with Gasteiger partial charge in [-0.1, -0.05) is 0 Å². The van der Waals surface area contributed by atoms with Crippen molar-refractivity contribution in [1.82, 2.24) is 0 Å². The molecular weight excluding hydrogens is 280 g/mol. The quantitative estimate of drug-likeness (QED) is 0.427. The largest absolute Gasteiger partial charge is 0.478 e. The molecule has 0 heterocycles. The molecule has 0 aliphatic heterocycles. The van der Waals surface area contributed by atoms with Gasteiger partial charge in [0.15, 0.2) is 0 Å². The average molecular weight is 294 g/mol. The molecule has 1 rings (SSSR count). The Morgan fingerprint density at radius 3 is 2.50 bits per heavy atom. The van der Waals surface area contributed by atoms with Gasteiger partial charge in [0.1, 0.15) is 11.4 Å². The van der Waals surface area contributed by atoms with Gasteiger partial charge in [0.05, 0.1) is 11.4 Å². The predicted octanol–water partition coefficient (Wildman–Crippen LogP) is 3.25. The fraction of sp³-hybridized carbons (Fsp3) is 0.417. The summed E-state index contributed by atoms with van der Waals surface area (Å²) in [6.45, 7) is 0.140. The topological polar surface area (TPSA) is 75.3 Å². The molecule has 0 spiro atoms. The number of unbranched alkanes of at least 4 members (excludes halogenated alkanes) is 1. The van der Waals surface area contributed by atoms with E-state index in [1.54, 1.807) is 0 Å². The number of nitrogens with one attached hydrogen (secondary N) is 1. The molecule has 0 saturated heterocycles. The lowest BCUT2D eigenvalue weighted by Gasteiger charge is -2.12. The van der Waals surface area contributed by atoms with E-state index in [1.165, 1.54) is 6.07 Å². The van der Waals surface area contributed by atoms with Crippen molar-refractivity contribution in [2.45, 2.75) is 25.4 Å². The molecule has 0 amide bonds. The molecule has 0 saturated carbocycles. The van der Waals surface area contributed by atoms with E-state index in [0.29, 0.717) is 0 Å². The summed E-state index contributed by atoms with van der Waals surface area (Å²) in [5.41, 5.74) is 4.50. The molecule has 112 valence electrons. The number of carbonyl (C=O) groups is 1. The van der Waals surface area contributed by atoms with E-state index in [-0.39, 0.29) is 25.1 Å². The van der Waals surface area contributed by atoms with Crippen molar-refractivity contribution in [1.29, 1.82) is 0 Å². The Balaban J connectivity index is 2.61. The number of aromatic carboxylic acids is 1. The molecule has 0 fully saturated rings. The zero-order chi connectivity index (χ0) is 15.3. The molecule has 1 aromatic rings. The van der Waals surface area contributed by atoms with Gasteiger partial charge in [-0.05, 0) is 25.0 Å². The lowest BCUT2D eigenvalue weighted by molar-refractivity contribution is -0.135. The Morgan fingerprint density at radius 1 is 1.30 bits per heavy atom. The second-order valence-corrected chi connectivity index (χ2v) is 4.19. The Bertz CT molecular complexity index is 489. The highest BCUT2D eigenvalue weighted by Gasteiger charge is 2.25. The molecule has 0 aromatic heterocycles. The molecule has 4 N–H and O–H groups in total. The van der Waals surface area contributed by atoms with Gasteiger partial charge >= 0.3 is 12.1 Å². The Morgan fingerprint density at radius 2 is 1.95 bits per heavy atom. The average Bonchev–Trinajstić information content (AvgIpc) is 2.31. The summed E-state index contributed by atoms with van der Waals surface area (Å²) in [5, 5.41) is 11.6. The summed E-state index contributed by atoms with van der Waals surface area (Å²) >= 11 is 0. The summed E-state index contributed by atoms with van der Waals surface area (Å²) in [5.74, 6) is -2.26. The SMILES string of the molecule is Nc1c(F)ccc(NCCCCC(F)(F)F)c1C(=O)O. The molecule has 0 atom stereocenters. The van der Waals surface area contributed by atoms with Crippen LogP contribution in [0.15, 0.2) is 12.1 Å². The third kappa shape index (κ3) is 4.60. The molecule has 0 radical (unpaired) electrons. The second kappa shape index (κ2) is 6.44. The monoisotopic (exact) mass is 294 g/mol. The van der Waals surface area contributed by atoms with Crippen LogP contribution in [-0.4, -0.2) is 23.8 Å². The maximum Gasteiger partial charge on any atom is 0.389 e. The van der Waals surface area contributed by atoms with Crippen molar-refractivity contribution in [2.24, 2.45) is 0 Å². The summed E-state index contributed by atoms with van der Waals surface area (Å²) < 4.78 is 48.9. The predicted molar refractivity (Wildman–Crippen MR) is 66.2 cm³/mol. The minimum absolute atomic E-state index is 0.0738. The first-order valence-corrected chi connectivity index (χ1v) is 5.84. The zero-order valence-electron chi connectivity index (χ0n) is 10.4. The van der Waals surface area contributed by atoms with E-state index in [1.807, 2.05) is 0 Å². The van der Waals surface area contributed by atoms with Crippen molar-refractivity contribution >= 4 is 17.3 Å². The molecule has 0 unspecified atom stereocenters. The maximum absolute atomic E-state index is 13.2. The highest BCUT2D eigenvalue weighted by Crippen LogP contribution is 2.26. The van der Waals surface area contributed by atoms with Crippen molar-refractivity contribution in [2.75, 3.05) is 17.6 Å². The van der Waals surface area contributed by atoms with Crippen LogP contribution in [0.25, 0.3) is 0 Å². The third-order valence-electron chi connectivity index (χ3n) is 2.61. The van der Waals surface area contributed by atoms with Crippen LogP contribution in [0.1, 0.15) is 29.6 Å². The van der Waals surface area contributed by atoms with Gasteiger partial charge < -0.3 is 16.2 Å². The van der Waals surface area contributed by atoms with Crippen molar-refractivity contribution in [3.05, 3.63) is 23.5 Å². The number of hydrogen-bond acceptors (Lipinski definition) is 3. The molecular formula is C12H14F4N2O2. The van der Waals surface area contributed by atoms with Crippen molar-refractivity contribution < 1.29 is 27.5 Å². The van der Waals surface area contributed by atoms with Crippen LogP contribution >= 0.6 is 0 Å². The number of alkyl halides is 3. The Kier molecular flexibility index (Phi) is 5.18. The molecule has 4 nitrogen and oxygen atoms in total. The summed E-state index contributed by atoms with van der Waals surface area (Å²) in [6, 6.07) is 2.19. The van der Waals surface area contributed by atoms with Crippen LogP contribution in [0.3, 0.4) is 0 Å². The number of halogens is 4. The first-order chi connectivity index (χ1) is 9.22. The number of carboxylic acid groups (broad SMARTS) is 1. The minimum atomic E-state index is -4.20. The van der Waals surface area contributed by atoms with Gasteiger partial charge in [0.25, 0.3) is 0 Å². The number of anilines is 2. The number of nitrogens with two attached hydrogens (primary N) is 1. The lowest BCUT2D eigenvalue weighted by atomic mass is 10.1. The van der Waals surface area contributed by atoms with Crippen LogP contribution in [0.5, 0.6) is 0 Å². The molecule has 0 bridgehead atoms. The Labute approximate surface area is 112 Å². The van der Waals surface area contributed by atoms with Crippen molar-refractivity contribution in [3.8, 4) is 0 Å². The highest BCUT2D eigenvalue weighted by molar-refractivity contribution is 6.00. The van der Waals surface area contributed by atoms with E-state index in [9.17, 15) is 22.4 Å². The number of nitrogen functional groups attached to an aromatic ring is 1. The first-order valence-electron chi connectivity index (χ1n) is 5.84. The summed E-state index contributed by atoms with van der Waals surface area (Å²) in [7, 11) is 0. The Hall–Kier alpha value is -1.99. The van der Waals surface area contributed by atoms with E-state index >= 15 is 0 Å². The third-order valence-corrected chi connectivity index (χ3v) is 2.61. The fourth-order valence-corrected chi connectivity index (χ4v) is 1.65. The fourth-order valence-electron chi connectivity index (χ4n) is 1.65. The van der Waals surface area contributed by atoms with Gasteiger partial charge in [-0.15, -0.1) is 0 Å². The number of hydrogen-bond donors (Lipinski definition) is 3. The number of rotatable bonds is 6. The smallest absolute Gasteiger partial charge is 0.389 e. The van der Waals surface area contributed by atoms with Gasteiger partial charge in [-0.3, -0.25) is 0 Å². The lowest BCUT2D eigenvalue weighted by Crippen LogP contribution is -2.12. The molecule has 0 aliphatic carbocycles. The highest BCUT2D eigenvalue weighted by atomic mass is 19.4. The molecule has 0 aliphatic rings. The minimum Gasteiger partial charge on any atom is -0.478 e. The summed E-state index contributed by atoms with van der Waals surface area (Å²) in [6.07, 6.45) is -4.97. The maximum atomic E-state index is 13.2. The first kappa shape index (κ1) is 16.1. The number of carboxylic acids is 1.